The molecule has 3 aromatic rings. The lowest BCUT2D eigenvalue weighted by molar-refractivity contribution is 0.0694. The SMILES string of the molecule is C=Cc1c(C(=O)O)c(=O)c2cc(F)c(N3CCC(C(C)N)C3)cc2n1-c1ccc(F)cc1F. The minimum absolute atomic E-state index is 0.0751. The summed E-state index contributed by atoms with van der Waals surface area (Å²) in [6.45, 7) is 6.49. The first-order valence-electron chi connectivity index (χ1n) is 10.4. The lowest BCUT2D eigenvalue weighted by Gasteiger charge is -2.23. The third kappa shape index (κ3) is 3.78. The Morgan fingerprint density at radius 2 is 1.91 bits per heavy atom. The van der Waals surface area contributed by atoms with Crippen molar-refractivity contribution in [1.82, 2.24) is 4.57 Å². The van der Waals surface area contributed by atoms with Crippen molar-refractivity contribution in [1.29, 1.82) is 0 Å². The number of anilines is 1. The van der Waals surface area contributed by atoms with Gasteiger partial charge >= 0.3 is 5.97 Å². The zero-order valence-electron chi connectivity index (χ0n) is 17.8. The van der Waals surface area contributed by atoms with Gasteiger partial charge in [-0.25, -0.2) is 18.0 Å². The van der Waals surface area contributed by atoms with Gasteiger partial charge in [0.15, 0.2) is 0 Å². The van der Waals surface area contributed by atoms with Crippen molar-refractivity contribution in [3.05, 3.63) is 75.8 Å². The predicted octanol–water partition coefficient (Wildman–Crippen LogP) is 3.92. The largest absolute Gasteiger partial charge is 0.477 e. The molecule has 1 saturated heterocycles. The highest BCUT2D eigenvalue weighted by Crippen LogP contribution is 2.33. The fourth-order valence-corrected chi connectivity index (χ4v) is 4.41. The highest BCUT2D eigenvalue weighted by molar-refractivity contribution is 5.98. The molecule has 3 N–H and O–H groups in total. The van der Waals surface area contributed by atoms with E-state index in [4.69, 9.17) is 5.73 Å². The van der Waals surface area contributed by atoms with Gasteiger partial charge in [0.25, 0.3) is 0 Å². The van der Waals surface area contributed by atoms with E-state index in [2.05, 4.69) is 6.58 Å². The number of pyridine rings is 1. The molecule has 0 saturated carbocycles. The van der Waals surface area contributed by atoms with E-state index in [9.17, 15) is 23.5 Å². The lowest BCUT2D eigenvalue weighted by Crippen LogP contribution is -2.30. The Morgan fingerprint density at radius 1 is 1.21 bits per heavy atom. The van der Waals surface area contributed by atoms with Crippen molar-refractivity contribution in [3.8, 4) is 5.69 Å². The summed E-state index contributed by atoms with van der Waals surface area (Å²) in [5, 5.41) is 9.43. The molecule has 2 atom stereocenters. The van der Waals surface area contributed by atoms with Crippen molar-refractivity contribution < 1.29 is 23.1 Å². The molecule has 9 heteroatoms. The van der Waals surface area contributed by atoms with E-state index in [0.29, 0.717) is 19.2 Å². The second-order valence-corrected chi connectivity index (χ2v) is 8.20. The van der Waals surface area contributed by atoms with E-state index < -0.39 is 34.4 Å². The second-order valence-electron chi connectivity index (χ2n) is 8.20. The number of hydrogen-bond donors (Lipinski definition) is 2. The van der Waals surface area contributed by atoms with Crippen LogP contribution in [0.1, 0.15) is 29.4 Å². The summed E-state index contributed by atoms with van der Waals surface area (Å²) < 4.78 is 44.7. The van der Waals surface area contributed by atoms with Crippen LogP contribution >= 0.6 is 0 Å². The van der Waals surface area contributed by atoms with Gasteiger partial charge in [-0.3, -0.25) is 4.79 Å². The van der Waals surface area contributed by atoms with Gasteiger partial charge in [0.05, 0.1) is 28.0 Å². The molecule has 2 heterocycles. The Balaban J connectivity index is 2.08. The molecule has 1 aliphatic heterocycles. The summed E-state index contributed by atoms with van der Waals surface area (Å²) in [6, 6.07) is 5.03. The molecule has 2 unspecified atom stereocenters. The van der Waals surface area contributed by atoms with Crippen LogP contribution in [0.2, 0.25) is 0 Å². The molecule has 1 fully saturated rings. The number of fused-ring (bicyclic) bond motifs is 1. The lowest BCUT2D eigenvalue weighted by atomic mass is 10.0. The number of carboxylic acid groups (broad SMARTS) is 1. The molecular weight excluding hydrogens is 435 g/mol. The van der Waals surface area contributed by atoms with Crippen molar-refractivity contribution in [2.75, 3.05) is 18.0 Å². The summed E-state index contributed by atoms with van der Waals surface area (Å²) in [5.74, 6) is -3.94. The van der Waals surface area contributed by atoms with Gasteiger partial charge in [0.1, 0.15) is 23.0 Å². The summed E-state index contributed by atoms with van der Waals surface area (Å²) in [7, 11) is 0. The normalized spacial score (nSPS) is 16.9. The number of benzene rings is 2. The van der Waals surface area contributed by atoms with E-state index >= 15 is 4.39 Å². The number of nitrogens with zero attached hydrogens (tertiary/aromatic N) is 2. The molecule has 0 aliphatic carbocycles. The summed E-state index contributed by atoms with van der Waals surface area (Å²) in [6.07, 6.45) is 1.86. The van der Waals surface area contributed by atoms with Crippen LogP contribution in [0.5, 0.6) is 0 Å². The number of nitrogens with two attached hydrogens (primary N) is 1. The van der Waals surface area contributed by atoms with Gasteiger partial charge in [0, 0.05) is 25.2 Å². The van der Waals surface area contributed by atoms with Crippen molar-refractivity contribution in [2.24, 2.45) is 11.7 Å². The van der Waals surface area contributed by atoms with Crippen LogP contribution in [-0.4, -0.2) is 34.8 Å². The fraction of sp³-hybridized carbons (Fsp3) is 0.250. The van der Waals surface area contributed by atoms with Gasteiger partial charge in [-0.1, -0.05) is 6.58 Å². The Labute approximate surface area is 187 Å². The topological polar surface area (TPSA) is 88.6 Å². The Kier molecular flexibility index (Phi) is 5.75. The van der Waals surface area contributed by atoms with E-state index in [-0.39, 0.29) is 39.9 Å². The molecule has 0 spiro atoms. The molecule has 0 radical (unpaired) electrons. The predicted molar refractivity (Wildman–Crippen MR) is 120 cm³/mol. The zero-order valence-corrected chi connectivity index (χ0v) is 17.8. The third-order valence-corrected chi connectivity index (χ3v) is 6.14. The molecule has 172 valence electrons. The molecule has 1 aliphatic rings. The molecule has 6 nitrogen and oxygen atoms in total. The van der Waals surface area contributed by atoms with Crippen LogP contribution in [0.25, 0.3) is 22.7 Å². The van der Waals surface area contributed by atoms with E-state index in [1.807, 2.05) is 6.92 Å². The standard InChI is InChI=1S/C24H22F3N3O3/c1-3-18-22(24(32)33)23(31)15-9-17(27)21(29-7-6-13(11-29)12(2)28)10-20(15)30(18)19-5-4-14(25)8-16(19)26/h3-5,8-10,12-13H,1,6-7,11,28H2,2H3,(H,32,33). The maximum Gasteiger partial charge on any atom is 0.341 e. The van der Waals surface area contributed by atoms with Crippen LogP contribution in [0.4, 0.5) is 18.9 Å². The number of carbonyl (C=O) groups is 1. The van der Waals surface area contributed by atoms with Gasteiger partial charge in [-0.05, 0) is 49.6 Å². The van der Waals surface area contributed by atoms with Gasteiger partial charge < -0.3 is 20.3 Å². The van der Waals surface area contributed by atoms with Gasteiger partial charge in [-0.15, -0.1) is 0 Å². The van der Waals surface area contributed by atoms with E-state index in [1.54, 1.807) is 4.90 Å². The van der Waals surface area contributed by atoms with Crippen LogP contribution < -0.4 is 16.1 Å². The molecule has 0 amide bonds. The Bertz CT molecular complexity index is 1350. The van der Waals surface area contributed by atoms with E-state index in [1.165, 1.54) is 6.07 Å². The first-order valence-corrected chi connectivity index (χ1v) is 10.4. The minimum atomic E-state index is -1.57. The monoisotopic (exact) mass is 457 g/mol. The van der Waals surface area contributed by atoms with Crippen LogP contribution in [0.3, 0.4) is 0 Å². The quantitative estimate of drug-likeness (QED) is 0.606. The zero-order chi connectivity index (χ0) is 24.0. The fourth-order valence-electron chi connectivity index (χ4n) is 4.41. The first-order chi connectivity index (χ1) is 15.6. The molecule has 1 aromatic heterocycles. The summed E-state index contributed by atoms with van der Waals surface area (Å²) >= 11 is 0. The molecular formula is C24H22F3N3O3. The van der Waals surface area contributed by atoms with Crippen LogP contribution in [-0.2, 0) is 0 Å². The van der Waals surface area contributed by atoms with Gasteiger partial charge in [-0.2, -0.15) is 0 Å². The average Bonchev–Trinajstić information content (AvgIpc) is 3.24. The first kappa shape index (κ1) is 22.6. The highest BCUT2D eigenvalue weighted by atomic mass is 19.1. The third-order valence-electron chi connectivity index (χ3n) is 6.14. The Hall–Kier alpha value is -3.59. The number of hydrogen-bond acceptors (Lipinski definition) is 4. The molecule has 0 bridgehead atoms. The van der Waals surface area contributed by atoms with Crippen molar-refractivity contribution >= 4 is 28.6 Å². The number of aromatic nitrogens is 1. The smallest absolute Gasteiger partial charge is 0.341 e. The van der Waals surface area contributed by atoms with Crippen molar-refractivity contribution in [3.63, 3.8) is 0 Å². The van der Waals surface area contributed by atoms with Crippen LogP contribution in [0, 0.1) is 23.4 Å². The summed E-state index contributed by atoms with van der Waals surface area (Å²) in [4.78, 5) is 26.7. The van der Waals surface area contributed by atoms with E-state index in [0.717, 1.165) is 35.3 Å². The number of halogens is 3. The maximum absolute atomic E-state index is 15.1. The molecule has 33 heavy (non-hydrogen) atoms. The number of carboxylic acids is 1. The summed E-state index contributed by atoms with van der Waals surface area (Å²) in [5.41, 5.74) is 4.24. The van der Waals surface area contributed by atoms with Crippen LogP contribution in [0.15, 0.2) is 41.7 Å². The van der Waals surface area contributed by atoms with Crippen molar-refractivity contribution in [2.45, 2.75) is 19.4 Å². The second kappa shape index (κ2) is 8.40. The maximum atomic E-state index is 15.1. The highest BCUT2D eigenvalue weighted by Gasteiger charge is 2.29. The Morgan fingerprint density at radius 3 is 2.48 bits per heavy atom. The number of aromatic carboxylic acids is 1. The molecule has 4 rings (SSSR count). The van der Waals surface area contributed by atoms with Gasteiger partial charge in [0.2, 0.25) is 5.43 Å². The molecule has 2 aromatic carbocycles. The number of rotatable bonds is 5. The average molecular weight is 457 g/mol. The minimum Gasteiger partial charge on any atom is -0.477 e.